The van der Waals surface area contributed by atoms with Gasteiger partial charge in [-0.15, -0.1) is 0 Å². The van der Waals surface area contributed by atoms with Gasteiger partial charge in [-0.25, -0.2) is 15.0 Å². The number of aliphatic hydroxyl groups excluding tert-OH is 1. The van der Waals surface area contributed by atoms with Crippen molar-refractivity contribution in [2.75, 3.05) is 13.1 Å². The van der Waals surface area contributed by atoms with Crippen LogP contribution in [-0.4, -0.2) is 81.7 Å². The summed E-state index contributed by atoms with van der Waals surface area (Å²) in [6.45, 7) is 6.54. The van der Waals surface area contributed by atoms with Crippen LogP contribution < -0.4 is 27.4 Å². The summed E-state index contributed by atoms with van der Waals surface area (Å²) in [5.41, 5.74) is 15.3. The number of fused-ring (bicyclic) bond motifs is 1. The van der Waals surface area contributed by atoms with Gasteiger partial charge in [-0.1, -0.05) is 32.0 Å². The van der Waals surface area contributed by atoms with E-state index in [0.717, 1.165) is 30.5 Å². The van der Waals surface area contributed by atoms with Crippen molar-refractivity contribution in [1.29, 1.82) is 0 Å². The molecule has 5 atom stereocenters. The van der Waals surface area contributed by atoms with Crippen LogP contribution >= 0.6 is 0 Å². The zero-order valence-corrected chi connectivity index (χ0v) is 23.5. The highest BCUT2D eigenvalue weighted by molar-refractivity contribution is 5.97. The summed E-state index contributed by atoms with van der Waals surface area (Å²) in [6.07, 6.45) is 1.80. The molecule has 1 aliphatic carbocycles. The molecule has 0 bridgehead atoms. The normalized spacial score (nSPS) is 29.3. The van der Waals surface area contributed by atoms with E-state index in [1.165, 1.54) is 5.56 Å². The number of nitrogens with one attached hydrogen (secondary N) is 3. The highest BCUT2D eigenvalue weighted by Crippen LogP contribution is 2.41. The zero-order chi connectivity index (χ0) is 29.1. The lowest BCUT2D eigenvalue weighted by Crippen LogP contribution is -2.73. The monoisotopic (exact) mass is 559 g/mol. The first-order valence-electron chi connectivity index (χ1n) is 14.1. The van der Waals surface area contributed by atoms with Crippen LogP contribution in [-0.2, 0) is 11.8 Å². The lowest BCUT2D eigenvalue weighted by atomic mass is 9.71. The second-order valence-electron chi connectivity index (χ2n) is 12.0. The van der Waals surface area contributed by atoms with E-state index in [4.69, 9.17) is 11.5 Å². The highest BCUT2D eigenvalue weighted by Gasteiger charge is 2.65. The molecule has 3 unspecified atom stereocenters. The van der Waals surface area contributed by atoms with Crippen LogP contribution in [0.3, 0.4) is 0 Å². The number of hydrogen-bond donors (Lipinski definition) is 6. The van der Waals surface area contributed by atoms with Gasteiger partial charge in [0.05, 0.1) is 12.1 Å². The predicted octanol–water partition coefficient (Wildman–Crippen LogP) is -0.111. The Balaban J connectivity index is 1.23. The van der Waals surface area contributed by atoms with Crippen molar-refractivity contribution in [3.8, 4) is 0 Å². The number of amides is 2. The maximum absolute atomic E-state index is 13.6. The number of carbonyl (C=O) groups excluding carboxylic acids is 2. The Kier molecular flexibility index (Phi) is 6.40. The van der Waals surface area contributed by atoms with Gasteiger partial charge >= 0.3 is 0 Å². The van der Waals surface area contributed by atoms with Crippen LogP contribution in [0.1, 0.15) is 64.4 Å². The molecule has 4 aliphatic rings. The summed E-state index contributed by atoms with van der Waals surface area (Å²) in [5, 5.41) is 20.8. The molecule has 1 spiro atoms. The first kappa shape index (κ1) is 27.0. The summed E-state index contributed by atoms with van der Waals surface area (Å²) < 4.78 is 0. The van der Waals surface area contributed by atoms with E-state index in [2.05, 4.69) is 50.8 Å². The number of aromatic nitrogens is 1. The minimum absolute atomic E-state index is 0.00302. The van der Waals surface area contributed by atoms with Crippen molar-refractivity contribution in [3.05, 3.63) is 64.5 Å². The van der Waals surface area contributed by atoms with E-state index < -0.39 is 29.9 Å². The second kappa shape index (κ2) is 9.72. The fourth-order valence-electron chi connectivity index (χ4n) is 6.95. The van der Waals surface area contributed by atoms with Crippen molar-refractivity contribution in [3.63, 3.8) is 0 Å². The maximum Gasteiger partial charge on any atom is 0.269 e. The Bertz CT molecular complexity index is 1470. The summed E-state index contributed by atoms with van der Waals surface area (Å²) >= 11 is 0. The quantitative estimate of drug-likeness (QED) is 0.293. The maximum atomic E-state index is 13.6. The van der Waals surface area contributed by atoms with Gasteiger partial charge in [0, 0.05) is 24.3 Å². The number of rotatable bonds is 5. The third-order valence-corrected chi connectivity index (χ3v) is 8.94. The van der Waals surface area contributed by atoms with E-state index in [1.54, 1.807) is 17.0 Å². The van der Waals surface area contributed by atoms with Gasteiger partial charge in [0.15, 0.2) is 17.6 Å². The smallest absolute Gasteiger partial charge is 0.269 e. The van der Waals surface area contributed by atoms with Crippen molar-refractivity contribution >= 4 is 23.7 Å². The molecular formula is C29H37N9O3. The molecule has 6 rings (SSSR count). The molecule has 0 saturated carbocycles. The van der Waals surface area contributed by atoms with Gasteiger partial charge in [0.1, 0.15) is 17.8 Å². The van der Waals surface area contributed by atoms with Crippen molar-refractivity contribution in [2.24, 2.45) is 21.5 Å². The molecule has 12 heteroatoms. The van der Waals surface area contributed by atoms with Crippen LogP contribution in [0.4, 0.5) is 0 Å². The molecular weight excluding hydrogens is 522 g/mol. The Labute approximate surface area is 238 Å². The molecule has 4 heterocycles. The van der Waals surface area contributed by atoms with E-state index in [0.29, 0.717) is 5.56 Å². The van der Waals surface area contributed by atoms with E-state index in [-0.39, 0.29) is 47.9 Å². The van der Waals surface area contributed by atoms with Gasteiger partial charge in [-0.05, 0) is 60.9 Å². The fraction of sp³-hybridized carbons (Fsp3) is 0.483. The molecule has 2 aromatic rings. The van der Waals surface area contributed by atoms with E-state index in [9.17, 15) is 14.7 Å². The van der Waals surface area contributed by atoms with Crippen LogP contribution in [0.25, 0.3) is 0 Å². The van der Waals surface area contributed by atoms with Gasteiger partial charge in [0.25, 0.3) is 11.8 Å². The fourth-order valence-corrected chi connectivity index (χ4v) is 6.95. The number of guanidine groups is 2. The molecule has 0 radical (unpaired) electrons. The molecule has 1 saturated heterocycles. The summed E-state index contributed by atoms with van der Waals surface area (Å²) in [7, 11) is 0. The van der Waals surface area contributed by atoms with E-state index >= 15 is 0 Å². The minimum atomic E-state index is -1.22. The molecule has 41 heavy (non-hydrogen) atoms. The van der Waals surface area contributed by atoms with Crippen LogP contribution in [0.15, 0.2) is 46.4 Å². The molecule has 1 aromatic carbocycles. The summed E-state index contributed by atoms with van der Waals surface area (Å²) in [4.78, 5) is 41.6. The number of nitrogens with two attached hydrogens (primary N) is 2. The van der Waals surface area contributed by atoms with Crippen molar-refractivity contribution < 1.29 is 14.7 Å². The second-order valence-corrected chi connectivity index (χ2v) is 12.0. The largest absolute Gasteiger partial charge is 0.386 e. The predicted molar refractivity (Wildman–Crippen MR) is 154 cm³/mol. The van der Waals surface area contributed by atoms with Gasteiger partial charge < -0.3 is 37.4 Å². The van der Waals surface area contributed by atoms with E-state index in [1.807, 2.05) is 25.1 Å². The SMILES string of the molecule is Cc1cccc(C(=O)NC[C@@H]2N=C(N)N3CC(NC(=O)c4cccc5c4CCCC5(C)C)[C@@H](O)C34NC(N)=NC24)n1. The number of aryl methyl sites for hydroxylation is 1. The Hall–Kier alpha value is -4.19. The van der Waals surface area contributed by atoms with Crippen LogP contribution in [0.2, 0.25) is 0 Å². The lowest BCUT2D eigenvalue weighted by Gasteiger charge is -2.46. The topological polar surface area (TPSA) is 183 Å². The first-order valence-corrected chi connectivity index (χ1v) is 14.1. The van der Waals surface area contributed by atoms with Gasteiger partial charge in [-0.2, -0.15) is 0 Å². The third kappa shape index (κ3) is 4.37. The average Bonchev–Trinajstić information content (AvgIpc) is 3.43. The Morgan fingerprint density at radius 2 is 1.93 bits per heavy atom. The summed E-state index contributed by atoms with van der Waals surface area (Å²) in [5.74, 6) is -0.296. The number of aliphatic hydroxyl groups is 1. The number of nitrogens with zero attached hydrogens (tertiary/aromatic N) is 4. The summed E-state index contributed by atoms with van der Waals surface area (Å²) in [6, 6.07) is 9.14. The number of benzene rings is 1. The molecule has 12 nitrogen and oxygen atoms in total. The molecule has 8 N–H and O–H groups in total. The lowest BCUT2D eigenvalue weighted by molar-refractivity contribution is 0.0144. The minimum Gasteiger partial charge on any atom is -0.386 e. The van der Waals surface area contributed by atoms with Gasteiger partial charge in [-0.3, -0.25) is 9.59 Å². The zero-order valence-electron chi connectivity index (χ0n) is 23.5. The van der Waals surface area contributed by atoms with Gasteiger partial charge in [0.2, 0.25) is 0 Å². The van der Waals surface area contributed by atoms with Crippen molar-refractivity contribution in [1.82, 2.24) is 25.8 Å². The number of aliphatic imine (C=N–C) groups is 2. The third-order valence-electron chi connectivity index (χ3n) is 8.94. The first-order chi connectivity index (χ1) is 19.5. The number of carbonyl (C=O) groups is 2. The molecule has 216 valence electrons. The Morgan fingerprint density at radius 1 is 1.15 bits per heavy atom. The van der Waals surface area contributed by atoms with Crippen LogP contribution in [0, 0.1) is 6.92 Å². The molecule has 2 amide bonds. The van der Waals surface area contributed by atoms with Crippen molar-refractivity contribution in [2.45, 2.75) is 75.3 Å². The Morgan fingerprint density at radius 3 is 2.71 bits per heavy atom. The molecule has 1 fully saturated rings. The molecule has 3 aliphatic heterocycles. The average molecular weight is 560 g/mol. The number of pyridine rings is 1. The highest BCUT2D eigenvalue weighted by atomic mass is 16.3. The molecule has 1 aromatic heterocycles. The standard InChI is InChI=1S/C29H37N9O3/c1-15-7-4-11-19(33-15)25(41)32-13-20-22-29(37-26(30)36-22)23(39)21(14-38(29)27(31)35-20)34-24(40)17-8-5-10-18-16(17)9-6-12-28(18,2)3/h4-5,7-8,10-11,20-23,39H,6,9,12-14H2,1-3H3,(H2,31,35)(H,32,41)(H,34,40)(H3,30,36,37)/t20-,21?,22?,23+,29?/m0/s1. The van der Waals surface area contributed by atoms with Crippen LogP contribution in [0.5, 0.6) is 0 Å². The number of hydrogen-bond acceptors (Lipinski definition) is 10.